The van der Waals surface area contributed by atoms with Crippen LogP contribution >= 0.6 is 0 Å². The number of benzene rings is 1. The third kappa shape index (κ3) is 3.89. The molecule has 1 atom stereocenters. The summed E-state index contributed by atoms with van der Waals surface area (Å²) in [5, 5.41) is 22.7. The molecule has 7 nitrogen and oxygen atoms in total. The number of carbonyl (C=O) groups is 2. The molecule has 0 saturated carbocycles. The van der Waals surface area contributed by atoms with Crippen molar-refractivity contribution in [1.82, 2.24) is 15.2 Å². The number of aliphatic hydroxyl groups is 2. The van der Waals surface area contributed by atoms with Crippen LogP contribution in [0.4, 0.5) is 0 Å². The van der Waals surface area contributed by atoms with Gasteiger partial charge in [0, 0.05) is 37.6 Å². The number of pyridine rings is 1. The van der Waals surface area contributed by atoms with Crippen LogP contribution in [0, 0.1) is 0 Å². The van der Waals surface area contributed by atoms with E-state index in [1.54, 1.807) is 54.9 Å². The van der Waals surface area contributed by atoms with Crippen molar-refractivity contribution in [2.75, 3.05) is 26.2 Å². The van der Waals surface area contributed by atoms with Gasteiger partial charge >= 0.3 is 0 Å². The number of aliphatic hydroxyl groups excluding tert-OH is 2. The van der Waals surface area contributed by atoms with Crippen molar-refractivity contribution >= 4 is 17.4 Å². The maximum absolute atomic E-state index is 12.7. The molecule has 0 aliphatic carbocycles. The lowest BCUT2D eigenvalue weighted by Gasteiger charge is -2.25. The third-order valence-electron chi connectivity index (χ3n) is 4.41. The van der Waals surface area contributed by atoms with Crippen LogP contribution < -0.4 is 5.32 Å². The average molecular weight is 367 g/mol. The fourth-order valence-electron chi connectivity index (χ4n) is 3.15. The molecular weight excluding hydrogens is 346 g/mol. The van der Waals surface area contributed by atoms with Crippen molar-refractivity contribution in [2.45, 2.75) is 6.04 Å². The molecule has 0 radical (unpaired) electrons. The molecular formula is C20H21N3O4. The molecule has 1 fully saturated rings. The minimum atomic E-state index is -0.715. The standard InChI is InChI=1S/C20H21N3O4/c24-12-10-21-9-11-23-17(15-7-4-8-22-13-15)16(19(26)20(23)27)18(25)14-5-2-1-3-6-14/h1-8,13,17,21,24-25H,9-12H2/t17-/m0/s1. The average Bonchev–Trinajstić information content (AvgIpc) is 2.97. The van der Waals surface area contributed by atoms with Crippen molar-refractivity contribution in [3.63, 3.8) is 0 Å². The first-order valence-corrected chi connectivity index (χ1v) is 8.70. The van der Waals surface area contributed by atoms with Crippen LogP contribution in [0.5, 0.6) is 0 Å². The fraction of sp³-hybridized carbons (Fsp3) is 0.250. The van der Waals surface area contributed by atoms with E-state index >= 15 is 0 Å². The highest BCUT2D eigenvalue weighted by Crippen LogP contribution is 2.38. The molecule has 0 bridgehead atoms. The number of nitrogens with zero attached hydrogens (tertiary/aromatic N) is 2. The first-order chi connectivity index (χ1) is 13.1. The quantitative estimate of drug-likeness (QED) is 0.293. The molecule has 140 valence electrons. The van der Waals surface area contributed by atoms with Crippen LogP contribution in [0.25, 0.3) is 5.76 Å². The molecule has 3 N–H and O–H groups in total. The van der Waals surface area contributed by atoms with Crippen LogP contribution in [0.2, 0.25) is 0 Å². The zero-order valence-electron chi connectivity index (χ0n) is 14.7. The minimum Gasteiger partial charge on any atom is -0.507 e. The molecule has 27 heavy (non-hydrogen) atoms. The number of hydrogen-bond donors (Lipinski definition) is 3. The van der Waals surface area contributed by atoms with Gasteiger partial charge in [0.05, 0.1) is 18.2 Å². The lowest BCUT2D eigenvalue weighted by atomic mass is 9.96. The van der Waals surface area contributed by atoms with Gasteiger partial charge in [0.1, 0.15) is 5.76 Å². The number of Topliss-reactive ketones (excluding diaryl/α,β-unsaturated/α-hetero) is 1. The molecule has 0 unspecified atom stereocenters. The van der Waals surface area contributed by atoms with Crippen molar-refractivity contribution in [1.29, 1.82) is 0 Å². The largest absolute Gasteiger partial charge is 0.507 e. The Morgan fingerprint density at radius 2 is 1.89 bits per heavy atom. The van der Waals surface area contributed by atoms with Crippen molar-refractivity contribution in [3.8, 4) is 0 Å². The second-order valence-electron chi connectivity index (χ2n) is 6.12. The summed E-state index contributed by atoms with van der Waals surface area (Å²) >= 11 is 0. The number of likely N-dealkylation sites (tertiary alicyclic amines) is 1. The Morgan fingerprint density at radius 1 is 1.11 bits per heavy atom. The Kier molecular flexibility index (Phi) is 5.95. The van der Waals surface area contributed by atoms with E-state index in [0.717, 1.165) is 0 Å². The molecule has 0 spiro atoms. The molecule has 3 rings (SSSR count). The molecule has 1 aromatic heterocycles. The monoisotopic (exact) mass is 367 g/mol. The van der Waals surface area contributed by atoms with Gasteiger partial charge in [-0.1, -0.05) is 36.4 Å². The normalized spacial score (nSPS) is 18.9. The number of rotatable bonds is 7. The predicted molar refractivity (Wildman–Crippen MR) is 99.6 cm³/mol. The SMILES string of the molecule is O=C1C(=O)N(CCNCCO)[C@@H](c2cccnc2)C1=C(O)c1ccccc1. The van der Waals surface area contributed by atoms with Gasteiger partial charge in [-0.3, -0.25) is 14.6 Å². The van der Waals surface area contributed by atoms with Gasteiger partial charge in [-0.15, -0.1) is 0 Å². The van der Waals surface area contributed by atoms with E-state index in [1.165, 1.54) is 4.90 Å². The zero-order valence-corrected chi connectivity index (χ0v) is 14.7. The zero-order chi connectivity index (χ0) is 19.2. The molecule has 2 aromatic rings. The molecule has 2 heterocycles. The van der Waals surface area contributed by atoms with Crippen molar-refractivity contribution in [3.05, 3.63) is 71.6 Å². The Labute approximate surface area is 157 Å². The summed E-state index contributed by atoms with van der Waals surface area (Å²) in [5.74, 6) is -1.58. The fourth-order valence-corrected chi connectivity index (χ4v) is 3.15. The number of ketones is 1. The third-order valence-corrected chi connectivity index (χ3v) is 4.41. The van der Waals surface area contributed by atoms with E-state index in [-0.39, 0.29) is 24.5 Å². The Bertz CT molecular complexity index is 837. The van der Waals surface area contributed by atoms with Crippen LogP contribution in [0.3, 0.4) is 0 Å². The first kappa shape index (κ1) is 18.8. The second kappa shape index (κ2) is 8.57. The van der Waals surface area contributed by atoms with Gasteiger partial charge in [-0.2, -0.15) is 0 Å². The summed E-state index contributed by atoms with van der Waals surface area (Å²) in [7, 11) is 0. The number of amides is 1. The predicted octanol–water partition coefficient (Wildman–Crippen LogP) is 1.09. The summed E-state index contributed by atoms with van der Waals surface area (Å²) in [6, 6.07) is 11.5. The molecule has 1 saturated heterocycles. The molecule has 1 aromatic carbocycles. The van der Waals surface area contributed by atoms with Crippen LogP contribution in [0.15, 0.2) is 60.4 Å². The van der Waals surface area contributed by atoms with Gasteiger partial charge in [0.2, 0.25) is 0 Å². The van der Waals surface area contributed by atoms with Crippen molar-refractivity contribution < 1.29 is 19.8 Å². The summed E-state index contributed by atoms with van der Waals surface area (Å²) < 4.78 is 0. The summed E-state index contributed by atoms with van der Waals surface area (Å²) in [6.45, 7) is 1.05. The minimum absolute atomic E-state index is 0.0150. The lowest BCUT2D eigenvalue weighted by molar-refractivity contribution is -0.139. The Morgan fingerprint density at radius 3 is 2.56 bits per heavy atom. The highest BCUT2D eigenvalue weighted by molar-refractivity contribution is 6.46. The molecule has 1 aliphatic rings. The molecule has 1 aliphatic heterocycles. The Balaban J connectivity index is 2.03. The maximum atomic E-state index is 12.7. The topological polar surface area (TPSA) is 103 Å². The highest BCUT2D eigenvalue weighted by Gasteiger charge is 2.45. The van der Waals surface area contributed by atoms with E-state index in [0.29, 0.717) is 24.2 Å². The van der Waals surface area contributed by atoms with E-state index in [2.05, 4.69) is 10.3 Å². The Hall–Kier alpha value is -3.03. The summed E-state index contributed by atoms with van der Waals surface area (Å²) in [5.41, 5.74) is 1.18. The molecule has 1 amide bonds. The van der Waals surface area contributed by atoms with E-state index in [4.69, 9.17) is 5.11 Å². The number of nitrogens with one attached hydrogen (secondary N) is 1. The van der Waals surface area contributed by atoms with Gasteiger partial charge in [-0.25, -0.2) is 0 Å². The van der Waals surface area contributed by atoms with Crippen molar-refractivity contribution in [2.24, 2.45) is 0 Å². The number of hydrogen-bond acceptors (Lipinski definition) is 6. The summed E-state index contributed by atoms with van der Waals surface area (Å²) in [6.07, 6.45) is 3.19. The van der Waals surface area contributed by atoms with E-state index in [9.17, 15) is 14.7 Å². The van der Waals surface area contributed by atoms with Crippen LogP contribution in [-0.4, -0.2) is 58.0 Å². The smallest absolute Gasteiger partial charge is 0.295 e. The summed E-state index contributed by atoms with van der Waals surface area (Å²) in [4.78, 5) is 30.9. The van der Waals surface area contributed by atoms with Crippen LogP contribution in [-0.2, 0) is 9.59 Å². The number of aromatic nitrogens is 1. The molecule has 7 heteroatoms. The van der Waals surface area contributed by atoms with Gasteiger partial charge < -0.3 is 20.4 Å². The lowest BCUT2D eigenvalue weighted by Crippen LogP contribution is -2.36. The van der Waals surface area contributed by atoms with Gasteiger partial charge in [0.15, 0.2) is 0 Å². The highest BCUT2D eigenvalue weighted by atomic mass is 16.3. The second-order valence-corrected chi connectivity index (χ2v) is 6.12. The van der Waals surface area contributed by atoms with Gasteiger partial charge in [0.25, 0.3) is 11.7 Å². The maximum Gasteiger partial charge on any atom is 0.295 e. The number of carbonyl (C=O) groups excluding carboxylic acids is 2. The van der Waals surface area contributed by atoms with Gasteiger partial charge in [-0.05, 0) is 11.6 Å². The van der Waals surface area contributed by atoms with E-state index in [1.807, 2.05) is 0 Å². The van der Waals surface area contributed by atoms with E-state index < -0.39 is 17.7 Å². The first-order valence-electron chi connectivity index (χ1n) is 8.70. The van der Waals surface area contributed by atoms with Crippen LogP contribution in [0.1, 0.15) is 17.2 Å².